The van der Waals surface area contributed by atoms with Gasteiger partial charge >= 0.3 is 0 Å². The average Bonchev–Trinajstić information content (AvgIpc) is 2.90. The predicted molar refractivity (Wildman–Crippen MR) is 88.0 cm³/mol. The Morgan fingerprint density at radius 1 is 1.00 bits per heavy atom. The lowest BCUT2D eigenvalue weighted by atomic mass is 10.1. The molecule has 0 aliphatic carbocycles. The summed E-state index contributed by atoms with van der Waals surface area (Å²) in [4.78, 5) is 15.9. The van der Waals surface area contributed by atoms with Gasteiger partial charge < -0.3 is 9.80 Å². The van der Waals surface area contributed by atoms with Gasteiger partial charge in [0.15, 0.2) is 0 Å². The van der Waals surface area contributed by atoms with Gasteiger partial charge in [-0.2, -0.15) is 0 Å². The maximum atomic E-state index is 12.0. The zero-order valence-electron chi connectivity index (χ0n) is 12.2. The minimum Gasteiger partial charge on any atom is -0.372 e. The van der Waals surface area contributed by atoms with Crippen LogP contribution in [0.2, 0.25) is 0 Å². The Bertz CT molecular complexity index is 654. The number of amides is 1. The highest BCUT2D eigenvalue weighted by Gasteiger charge is 2.37. The summed E-state index contributed by atoms with van der Waals surface area (Å²) in [5.41, 5.74) is 1.88. The van der Waals surface area contributed by atoms with Crippen LogP contribution >= 0.6 is 10.7 Å². The van der Waals surface area contributed by atoms with Crippen LogP contribution in [-0.4, -0.2) is 39.2 Å². The summed E-state index contributed by atoms with van der Waals surface area (Å²) in [5, 5.41) is -0.816. The van der Waals surface area contributed by atoms with Crippen molar-refractivity contribution in [3.8, 4) is 0 Å². The van der Waals surface area contributed by atoms with Gasteiger partial charge in [-0.25, -0.2) is 8.42 Å². The van der Waals surface area contributed by atoms with Crippen molar-refractivity contribution in [3.63, 3.8) is 0 Å². The van der Waals surface area contributed by atoms with E-state index in [-0.39, 0.29) is 18.9 Å². The van der Waals surface area contributed by atoms with Crippen LogP contribution in [0.4, 0.5) is 11.4 Å². The summed E-state index contributed by atoms with van der Waals surface area (Å²) in [6.07, 6.45) is 3.66. The fourth-order valence-corrected chi connectivity index (χ4v) is 4.14. The number of nitrogens with zero attached hydrogens (tertiary/aromatic N) is 2. The molecule has 22 heavy (non-hydrogen) atoms. The van der Waals surface area contributed by atoms with Crippen LogP contribution in [0.1, 0.15) is 25.7 Å². The number of rotatable bonds is 3. The average molecular weight is 343 g/mol. The Balaban J connectivity index is 1.74. The Morgan fingerprint density at radius 2 is 1.59 bits per heavy atom. The zero-order chi connectivity index (χ0) is 15.7. The molecule has 2 fully saturated rings. The van der Waals surface area contributed by atoms with E-state index in [9.17, 15) is 13.2 Å². The van der Waals surface area contributed by atoms with E-state index in [2.05, 4.69) is 4.90 Å². The zero-order valence-corrected chi connectivity index (χ0v) is 13.8. The molecule has 5 nitrogen and oxygen atoms in total. The van der Waals surface area contributed by atoms with Crippen LogP contribution < -0.4 is 9.80 Å². The lowest BCUT2D eigenvalue weighted by Crippen LogP contribution is -2.29. The summed E-state index contributed by atoms with van der Waals surface area (Å²) in [6, 6.07) is 7.75. The van der Waals surface area contributed by atoms with Gasteiger partial charge in [-0.15, -0.1) is 0 Å². The second-order valence-electron chi connectivity index (χ2n) is 5.87. The molecule has 2 aliphatic heterocycles. The molecule has 0 spiro atoms. The van der Waals surface area contributed by atoms with Crippen LogP contribution in [0, 0.1) is 0 Å². The van der Waals surface area contributed by atoms with Crippen molar-refractivity contribution in [2.24, 2.45) is 0 Å². The first-order chi connectivity index (χ1) is 10.4. The lowest BCUT2D eigenvalue weighted by Gasteiger charge is -2.29. The SMILES string of the molecule is O=C1CC(S(=O)(=O)Cl)CN1c1ccc(N2CCCCC2)cc1. The molecule has 0 radical (unpaired) electrons. The van der Waals surface area contributed by atoms with Crippen LogP contribution in [0.5, 0.6) is 0 Å². The summed E-state index contributed by atoms with van der Waals surface area (Å²) in [6.45, 7) is 2.26. The first-order valence-electron chi connectivity index (χ1n) is 7.54. The van der Waals surface area contributed by atoms with Gasteiger partial charge in [-0.3, -0.25) is 4.79 Å². The van der Waals surface area contributed by atoms with Crippen molar-refractivity contribution in [2.75, 3.05) is 29.4 Å². The number of hydrogen-bond acceptors (Lipinski definition) is 4. The number of carbonyl (C=O) groups is 1. The quantitative estimate of drug-likeness (QED) is 0.791. The van der Waals surface area contributed by atoms with Crippen LogP contribution in [0.3, 0.4) is 0 Å². The highest BCUT2D eigenvalue weighted by atomic mass is 35.7. The van der Waals surface area contributed by atoms with E-state index in [1.54, 1.807) is 0 Å². The number of halogens is 1. The third-order valence-electron chi connectivity index (χ3n) is 4.37. The molecule has 2 aliphatic rings. The predicted octanol–water partition coefficient (Wildman–Crippen LogP) is 2.35. The molecule has 0 aromatic heterocycles. The number of benzene rings is 1. The normalized spacial score (nSPS) is 23.1. The van der Waals surface area contributed by atoms with E-state index >= 15 is 0 Å². The first kappa shape index (κ1) is 15.6. The highest BCUT2D eigenvalue weighted by Crippen LogP contribution is 2.29. The summed E-state index contributed by atoms with van der Waals surface area (Å²) >= 11 is 0. The van der Waals surface area contributed by atoms with E-state index in [1.165, 1.54) is 24.2 Å². The molecular formula is C15H19ClN2O3S. The molecule has 1 atom stereocenters. The fourth-order valence-electron chi connectivity index (χ4n) is 3.11. The van der Waals surface area contributed by atoms with Crippen molar-refractivity contribution in [1.29, 1.82) is 0 Å². The van der Waals surface area contributed by atoms with Crippen LogP contribution in [0.25, 0.3) is 0 Å². The second kappa shape index (κ2) is 6.08. The van der Waals surface area contributed by atoms with Gasteiger partial charge in [0, 0.05) is 48.1 Å². The summed E-state index contributed by atoms with van der Waals surface area (Å²) < 4.78 is 22.8. The van der Waals surface area contributed by atoms with Crippen molar-refractivity contribution >= 4 is 37.0 Å². The first-order valence-corrected chi connectivity index (χ1v) is 9.91. The number of piperidine rings is 1. The molecule has 0 bridgehead atoms. The standard InChI is InChI=1S/C15H19ClN2O3S/c16-22(20,21)14-10-15(19)18(11-14)13-6-4-12(5-7-13)17-8-2-1-3-9-17/h4-7,14H,1-3,8-11H2. The highest BCUT2D eigenvalue weighted by molar-refractivity contribution is 8.14. The minimum absolute atomic E-state index is 0.0420. The van der Waals surface area contributed by atoms with E-state index in [4.69, 9.17) is 10.7 Å². The Labute approximate surface area is 135 Å². The van der Waals surface area contributed by atoms with E-state index in [1.807, 2.05) is 24.3 Å². The summed E-state index contributed by atoms with van der Waals surface area (Å²) in [5.74, 6) is -0.194. The molecule has 2 saturated heterocycles. The fraction of sp³-hybridized carbons (Fsp3) is 0.533. The van der Waals surface area contributed by atoms with Gasteiger partial charge in [0.1, 0.15) is 5.25 Å². The number of hydrogen-bond donors (Lipinski definition) is 0. The van der Waals surface area contributed by atoms with Crippen molar-refractivity contribution in [1.82, 2.24) is 0 Å². The lowest BCUT2D eigenvalue weighted by molar-refractivity contribution is -0.117. The van der Waals surface area contributed by atoms with E-state index < -0.39 is 14.3 Å². The van der Waals surface area contributed by atoms with Crippen molar-refractivity contribution in [2.45, 2.75) is 30.9 Å². The molecule has 1 unspecified atom stereocenters. The Hall–Kier alpha value is -1.27. The van der Waals surface area contributed by atoms with Gasteiger partial charge in [0.2, 0.25) is 15.0 Å². The Kier molecular flexibility index (Phi) is 4.32. The molecule has 3 rings (SSSR count). The molecule has 1 aromatic rings. The molecule has 1 amide bonds. The van der Waals surface area contributed by atoms with Gasteiger partial charge in [-0.05, 0) is 43.5 Å². The van der Waals surface area contributed by atoms with E-state index in [0.29, 0.717) is 0 Å². The van der Waals surface area contributed by atoms with Gasteiger partial charge in [-0.1, -0.05) is 0 Å². The second-order valence-corrected chi connectivity index (χ2v) is 8.78. The van der Waals surface area contributed by atoms with Gasteiger partial charge in [0.05, 0.1) is 0 Å². The monoisotopic (exact) mass is 342 g/mol. The number of carbonyl (C=O) groups excluding carboxylic acids is 1. The molecule has 120 valence electrons. The molecular weight excluding hydrogens is 324 g/mol. The third kappa shape index (κ3) is 3.22. The largest absolute Gasteiger partial charge is 0.372 e. The van der Waals surface area contributed by atoms with E-state index in [0.717, 1.165) is 24.5 Å². The molecule has 7 heteroatoms. The molecule has 0 N–H and O–H groups in total. The van der Waals surface area contributed by atoms with Crippen molar-refractivity contribution in [3.05, 3.63) is 24.3 Å². The van der Waals surface area contributed by atoms with Gasteiger partial charge in [0.25, 0.3) is 0 Å². The third-order valence-corrected chi connectivity index (χ3v) is 6.24. The maximum absolute atomic E-state index is 12.0. The molecule has 0 saturated carbocycles. The van der Waals surface area contributed by atoms with Crippen LogP contribution in [-0.2, 0) is 13.8 Å². The van der Waals surface area contributed by atoms with Crippen molar-refractivity contribution < 1.29 is 13.2 Å². The van der Waals surface area contributed by atoms with Crippen LogP contribution in [0.15, 0.2) is 24.3 Å². The minimum atomic E-state index is -3.70. The maximum Gasteiger partial charge on any atom is 0.237 e. The summed E-state index contributed by atoms with van der Waals surface area (Å²) in [7, 11) is 1.67. The molecule has 1 aromatic carbocycles. The smallest absolute Gasteiger partial charge is 0.237 e. The Morgan fingerprint density at radius 3 is 2.14 bits per heavy atom. The molecule has 2 heterocycles. The number of anilines is 2. The topological polar surface area (TPSA) is 57.7 Å².